The molecule has 3 heterocycles. The summed E-state index contributed by atoms with van der Waals surface area (Å²) >= 11 is 1.66. The van der Waals surface area contributed by atoms with Crippen LogP contribution in [0.4, 0.5) is 5.82 Å². The van der Waals surface area contributed by atoms with E-state index in [0.717, 1.165) is 16.5 Å². The first-order valence-electron chi connectivity index (χ1n) is 5.42. The van der Waals surface area contributed by atoms with Crippen LogP contribution in [0, 0.1) is 0 Å². The summed E-state index contributed by atoms with van der Waals surface area (Å²) in [4.78, 5) is 8.57. The van der Waals surface area contributed by atoms with Crippen LogP contribution in [0.2, 0.25) is 0 Å². The predicted molar refractivity (Wildman–Crippen MR) is 69.3 cm³/mol. The summed E-state index contributed by atoms with van der Waals surface area (Å²) in [6.07, 6.45) is 5.58. The molecule has 3 aromatic heterocycles. The Labute approximate surface area is 103 Å². The predicted octanol–water partition coefficient (Wildman–Crippen LogP) is 2.96. The number of pyridine rings is 1. The Bertz CT molecular complexity index is 614. The number of hydrogen-bond acceptors (Lipinski definition) is 4. The molecule has 0 fully saturated rings. The van der Waals surface area contributed by atoms with E-state index in [4.69, 9.17) is 0 Å². The first kappa shape index (κ1) is 10.3. The molecule has 86 valence electrons. The van der Waals surface area contributed by atoms with Crippen molar-refractivity contribution in [3.05, 3.63) is 47.2 Å². The Morgan fingerprint density at radius 2 is 2.24 bits per heavy atom. The molecule has 3 rings (SSSR count). The third-order valence-corrected chi connectivity index (χ3v) is 3.57. The smallest absolute Gasteiger partial charge is 0.138 e. The fraction of sp³-hybridized carbons (Fsp3) is 0.167. The lowest BCUT2D eigenvalue weighted by molar-refractivity contribution is 0.855. The molecule has 0 saturated carbocycles. The number of hydrogen-bond donors (Lipinski definition) is 1. The average molecular weight is 244 g/mol. The Hall–Kier alpha value is -1.88. The zero-order chi connectivity index (χ0) is 11.7. The van der Waals surface area contributed by atoms with E-state index in [2.05, 4.69) is 22.2 Å². The fourth-order valence-electron chi connectivity index (χ4n) is 1.80. The molecule has 1 atom stereocenters. The van der Waals surface area contributed by atoms with Gasteiger partial charge in [0.05, 0.1) is 6.04 Å². The topological polar surface area (TPSA) is 42.2 Å². The largest absolute Gasteiger partial charge is 0.362 e. The highest BCUT2D eigenvalue weighted by Crippen LogP contribution is 2.21. The minimum atomic E-state index is 0.197. The van der Waals surface area contributed by atoms with Crippen molar-refractivity contribution < 1.29 is 0 Å². The number of imidazole rings is 1. The van der Waals surface area contributed by atoms with E-state index in [-0.39, 0.29) is 6.04 Å². The number of nitrogens with zero attached hydrogens (tertiary/aromatic N) is 3. The molecule has 3 aromatic rings. The molecule has 0 aliphatic rings. The van der Waals surface area contributed by atoms with Crippen LogP contribution in [-0.4, -0.2) is 14.4 Å². The molecule has 0 aromatic carbocycles. The highest BCUT2D eigenvalue weighted by Gasteiger charge is 2.09. The van der Waals surface area contributed by atoms with E-state index in [1.165, 1.54) is 0 Å². The maximum Gasteiger partial charge on any atom is 0.138 e. The highest BCUT2D eigenvalue weighted by atomic mass is 32.1. The maximum absolute atomic E-state index is 4.31. The molecular formula is C12H12N4S. The van der Waals surface area contributed by atoms with Crippen LogP contribution in [0.5, 0.6) is 0 Å². The van der Waals surface area contributed by atoms with Crippen molar-refractivity contribution in [1.82, 2.24) is 14.4 Å². The lowest BCUT2D eigenvalue weighted by Gasteiger charge is -2.14. The van der Waals surface area contributed by atoms with Crippen LogP contribution >= 0.6 is 11.3 Å². The lowest BCUT2D eigenvalue weighted by Crippen LogP contribution is -2.08. The third kappa shape index (κ3) is 1.89. The molecule has 0 spiro atoms. The van der Waals surface area contributed by atoms with Crippen molar-refractivity contribution in [1.29, 1.82) is 0 Å². The Kier molecular flexibility index (Phi) is 2.53. The van der Waals surface area contributed by atoms with E-state index >= 15 is 0 Å². The van der Waals surface area contributed by atoms with Crippen molar-refractivity contribution in [3.8, 4) is 0 Å². The van der Waals surface area contributed by atoms with E-state index in [1.807, 2.05) is 40.4 Å². The lowest BCUT2D eigenvalue weighted by atomic mass is 10.3. The summed E-state index contributed by atoms with van der Waals surface area (Å²) in [5, 5.41) is 6.52. The van der Waals surface area contributed by atoms with E-state index in [1.54, 1.807) is 17.5 Å². The molecule has 0 saturated heterocycles. The molecule has 1 unspecified atom stereocenters. The number of anilines is 1. The van der Waals surface area contributed by atoms with Gasteiger partial charge in [0.15, 0.2) is 0 Å². The van der Waals surface area contributed by atoms with Gasteiger partial charge < -0.3 is 5.32 Å². The van der Waals surface area contributed by atoms with Gasteiger partial charge in [-0.1, -0.05) is 6.07 Å². The van der Waals surface area contributed by atoms with Gasteiger partial charge in [0.2, 0.25) is 0 Å². The molecule has 0 bridgehead atoms. The van der Waals surface area contributed by atoms with Crippen LogP contribution in [0.15, 0.2) is 42.2 Å². The van der Waals surface area contributed by atoms with Gasteiger partial charge in [-0.2, -0.15) is 0 Å². The summed E-state index contributed by atoms with van der Waals surface area (Å²) in [6, 6.07) is 6.22. The van der Waals surface area contributed by atoms with E-state index in [0.29, 0.717) is 0 Å². The zero-order valence-corrected chi connectivity index (χ0v) is 10.2. The summed E-state index contributed by atoms with van der Waals surface area (Å²) in [7, 11) is 0. The maximum atomic E-state index is 4.31. The van der Waals surface area contributed by atoms with Crippen LogP contribution in [0.25, 0.3) is 5.65 Å². The number of fused-ring (bicyclic) bond motifs is 1. The van der Waals surface area contributed by atoms with Gasteiger partial charge in [-0.15, -0.1) is 11.3 Å². The number of aromatic nitrogens is 3. The van der Waals surface area contributed by atoms with Gasteiger partial charge in [-0.05, 0) is 19.1 Å². The van der Waals surface area contributed by atoms with E-state index < -0.39 is 0 Å². The molecule has 5 heteroatoms. The minimum Gasteiger partial charge on any atom is -0.362 e. The molecular weight excluding hydrogens is 232 g/mol. The molecule has 1 N–H and O–H groups in total. The van der Waals surface area contributed by atoms with E-state index in [9.17, 15) is 0 Å². The molecule has 0 amide bonds. The number of nitrogens with one attached hydrogen (secondary N) is 1. The van der Waals surface area contributed by atoms with Crippen LogP contribution < -0.4 is 5.32 Å². The molecule has 0 aliphatic heterocycles. The third-order valence-electron chi connectivity index (χ3n) is 2.61. The first-order valence-corrected chi connectivity index (χ1v) is 6.30. The number of rotatable bonds is 3. The van der Waals surface area contributed by atoms with Crippen molar-refractivity contribution in [3.63, 3.8) is 0 Å². The van der Waals surface area contributed by atoms with Crippen molar-refractivity contribution >= 4 is 22.8 Å². The van der Waals surface area contributed by atoms with Crippen LogP contribution in [-0.2, 0) is 0 Å². The van der Waals surface area contributed by atoms with Crippen molar-refractivity contribution in [2.75, 3.05) is 5.32 Å². The SMILES string of the molecule is CC(Nc1cccc2nccn12)c1nccs1. The average Bonchev–Trinajstić information content (AvgIpc) is 3.00. The second-order valence-corrected chi connectivity index (χ2v) is 4.73. The van der Waals surface area contributed by atoms with Gasteiger partial charge in [-0.3, -0.25) is 4.40 Å². The van der Waals surface area contributed by atoms with Crippen molar-refractivity contribution in [2.45, 2.75) is 13.0 Å². The molecule has 17 heavy (non-hydrogen) atoms. The summed E-state index contributed by atoms with van der Waals surface area (Å²) in [5.74, 6) is 1.03. The van der Waals surface area contributed by atoms with Crippen LogP contribution in [0.1, 0.15) is 18.0 Å². The summed E-state index contributed by atoms with van der Waals surface area (Å²) in [6.45, 7) is 2.11. The van der Waals surface area contributed by atoms with Gasteiger partial charge in [0.1, 0.15) is 16.5 Å². The Morgan fingerprint density at radius 1 is 1.29 bits per heavy atom. The highest BCUT2D eigenvalue weighted by molar-refractivity contribution is 7.09. The second-order valence-electron chi connectivity index (χ2n) is 3.80. The number of thiazole rings is 1. The Morgan fingerprint density at radius 3 is 3.06 bits per heavy atom. The molecule has 0 aliphatic carbocycles. The van der Waals surface area contributed by atoms with Gasteiger partial charge in [0, 0.05) is 24.0 Å². The summed E-state index contributed by atoms with van der Waals surface area (Å²) in [5.41, 5.74) is 0.946. The fourth-order valence-corrected chi connectivity index (χ4v) is 2.44. The summed E-state index contributed by atoms with van der Waals surface area (Å²) < 4.78 is 2.03. The quantitative estimate of drug-likeness (QED) is 0.770. The first-order chi connectivity index (χ1) is 8.34. The molecule has 0 radical (unpaired) electrons. The standard InChI is InChI=1S/C12H12N4S/c1-9(12-14-6-8-17-12)15-11-4-2-3-10-13-5-7-16(10)11/h2-9,15H,1H3. The molecule has 4 nitrogen and oxygen atoms in total. The Balaban J connectivity index is 1.92. The second kappa shape index (κ2) is 4.18. The van der Waals surface area contributed by atoms with Gasteiger partial charge in [-0.25, -0.2) is 9.97 Å². The van der Waals surface area contributed by atoms with Crippen LogP contribution in [0.3, 0.4) is 0 Å². The zero-order valence-electron chi connectivity index (χ0n) is 9.37. The van der Waals surface area contributed by atoms with Gasteiger partial charge >= 0.3 is 0 Å². The van der Waals surface area contributed by atoms with Crippen molar-refractivity contribution in [2.24, 2.45) is 0 Å². The monoisotopic (exact) mass is 244 g/mol. The minimum absolute atomic E-state index is 0.197. The van der Waals surface area contributed by atoms with Gasteiger partial charge in [0.25, 0.3) is 0 Å². The normalized spacial score (nSPS) is 12.8.